The van der Waals surface area contributed by atoms with E-state index in [1.54, 1.807) is 7.05 Å². The number of halogens is 1. The maximum Gasteiger partial charge on any atom is 0.249 e. The summed E-state index contributed by atoms with van der Waals surface area (Å²) in [6.45, 7) is 0. The Kier molecular flexibility index (Phi) is 2.37. The van der Waals surface area contributed by atoms with E-state index in [0.29, 0.717) is 0 Å². The number of nitrogens with zero attached hydrogens (tertiary/aromatic N) is 4. The zero-order valence-electron chi connectivity index (χ0n) is 5.78. The zero-order chi connectivity index (χ0) is 8.27. The summed E-state index contributed by atoms with van der Waals surface area (Å²) in [4.78, 5) is 10.7. The molecule has 0 unspecified atom stereocenters. The summed E-state index contributed by atoms with van der Waals surface area (Å²) in [7, 11) is 1.61. The lowest BCUT2D eigenvalue weighted by Gasteiger charge is -1.97. The summed E-state index contributed by atoms with van der Waals surface area (Å²) in [5, 5.41) is 12.7. The third kappa shape index (κ3) is 1.87. The van der Waals surface area contributed by atoms with Gasteiger partial charge in [0.1, 0.15) is 5.88 Å². The number of hydrogen-bond donors (Lipinski definition) is 1. The molecule has 60 valence electrons. The topological polar surface area (TPSA) is 72.7 Å². The van der Waals surface area contributed by atoms with Gasteiger partial charge in [-0.3, -0.25) is 10.1 Å². The van der Waals surface area contributed by atoms with Crippen molar-refractivity contribution < 1.29 is 4.79 Å². The van der Waals surface area contributed by atoms with E-state index in [1.165, 1.54) is 4.68 Å². The summed E-state index contributed by atoms with van der Waals surface area (Å²) < 4.78 is 1.34. The van der Waals surface area contributed by atoms with Crippen LogP contribution < -0.4 is 5.32 Å². The highest BCUT2D eigenvalue weighted by Gasteiger charge is 2.04. The van der Waals surface area contributed by atoms with Gasteiger partial charge in [0.25, 0.3) is 0 Å². The molecule has 0 saturated heterocycles. The van der Waals surface area contributed by atoms with Crippen LogP contribution in [-0.4, -0.2) is 32.0 Å². The Morgan fingerprint density at radius 1 is 1.82 bits per heavy atom. The predicted octanol–water partition coefficient (Wildman–Crippen LogP) is -0.613. The van der Waals surface area contributed by atoms with Gasteiger partial charge >= 0.3 is 0 Å². The van der Waals surface area contributed by atoms with Crippen LogP contribution in [-0.2, 0) is 11.8 Å². The number of anilines is 1. The number of alkyl halides is 1. The van der Waals surface area contributed by atoms with Crippen LogP contribution in [0.25, 0.3) is 0 Å². The van der Waals surface area contributed by atoms with E-state index in [1.807, 2.05) is 0 Å². The molecule has 1 rings (SSSR count). The quantitative estimate of drug-likeness (QED) is 0.609. The Hall–Kier alpha value is -1.17. The molecule has 1 heterocycles. The fraction of sp³-hybridized carbons (Fsp3) is 0.500. The van der Waals surface area contributed by atoms with Gasteiger partial charge in [0, 0.05) is 7.05 Å². The van der Waals surface area contributed by atoms with Crippen molar-refractivity contribution in [1.82, 2.24) is 20.2 Å². The van der Waals surface area contributed by atoms with Crippen molar-refractivity contribution >= 4 is 23.5 Å². The van der Waals surface area contributed by atoms with E-state index in [9.17, 15) is 4.79 Å². The number of tetrazole rings is 1. The van der Waals surface area contributed by atoms with Gasteiger partial charge in [0.15, 0.2) is 0 Å². The molecule has 6 nitrogen and oxygen atoms in total. The van der Waals surface area contributed by atoms with E-state index >= 15 is 0 Å². The molecule has 0 aliphatic heterocycles. The molecule has 1 aromatic rings. The first kappa shape index (κ1) is 7.93. The molecule has 1 N–H and O–H groups in total. The maximum atomic E-state index is 10.7. The van der Waals surface area contributed by atoms with Crippen LogP contribution >= 0.6 is 11.6 Å². The lowest BCUT2D eigenvalue weighted by Crippen LogP contribution is -2.15. The number of aryl methyl sites for hydroxylation is 1. The number of nitrogens with one attached hydrogen (secondary N) is 1. The average Bonchev–Trinajstić information content (AvgIpc) is 2.37. The molecule has 0 aromatic carbocycles. The standard InChI is InChI=1S/C4H6ClN5O/c1-10-4(7-8-9-10)6-3(11)2-5/h2H2,1H3,(H,6,7,9,11). The monoisotopic (exact) mass is 175 g/mol. The summed E-state index contributed by atoms with van der Waals surface area (Å²) in [5.41, 5.74) is 0. The first-order valence-corrected chi connectivity index (χ1v) is 3.35. The second-order valence-corrected chi connectivity index (χ2v) is 2.08. The van der Waals surface area contributed by atoms with Crippen LogP contribution in [0.2, 0.25) is 0 Å². The number of amides is 1. The Morgan fingerprint density at radius 2 is 2.55 bits per heavy atom. The molecule has 0 spiro atoms. The highest BCUT2D eigenvalue weighted by molar-refractivity contribution is 6.28. The number of carbonyl (C=O) groups excluding carboxylic acids is 1. The average molecular weight is 176 g/mol. The SMILES string of the molecule is Cn1nnnc1NC(=O)CCl. The van der Waals surface area contributed by atoms with Gasteiger partial charge in [-0.2, -0.15) is 0 Å². The van der Waals surface area contributed by atoms with Crippen LogP contribution in [0, 0.1) is 0 Å². The predicted molar refractivity (Wildman–Crippen MR) is 38.1 cm³/mol. The first-order chi connectivity index (χ1) is 5.24. The largest absolute Gasteiger partial charge is 0.292 e. The van der Waals surface area contributed by atoms with Crippen molar-refractivity contribution in [3.63, 3.8) is 0 Å². The highest BCUT2D eigenvalue weighted by Crippen LogP contribution is 1.95. The van der Waals surface area contributed by atoms with Crippen LogP contribution in [0.1, 0.15) is 0 Å². The van der Waals surface area contributed by atoms with Gasteiger partial charge < -0.3 is 0 Å². The smallest absolute Gasteiger partial charge is 0.249 e. The number of carbonyl (C=O) groups is 1. The fourth-order valence-corrected chi connectivity index (χ4v) is 0.560. The van der Waals surface area contributed by atoms with E-state index in [-0.39, 0.29) is 17.7 Å². The van der Waals surface area contributed by atoms with Crippen LogP contribution in [0.4, 0.5) is 5.95 Å². The van der Waals surface area contributed by atoms with Gasteiger partial charge in [-0.1, -0.05) is 5.10 Å². The molecular formula is C4H6ClN5O. The van der Waals surface area contributed by atoms with Crippen molar-refractivity contribution in [3.05, 3.63) is 0 Å². The molecule has 0 radical (unpaired) electrons. The van der Waals surface area contributed by atoms with Gasteiger partial charge in [-0.05, 0) is 10.4 Å². The summed E-state index contributed by atoms with van der Waals surface area (Å²) in [6, 6.07) is 0. The van der Waals surface area contributed by atoms with Gasteiger partial charge in [-0.15, -0.1) is 11.6 Å². The van der Waals surface area contributed by atoms with Crippen molar-refractivity contribution in [2.75, 3.05) is 11.2 Å². The molecular weight excluding hydrogens is 170 g/mol. The normalized spacial score (nSPS) is 9.64. The van der Waals surface area contributed by atoms with Crippen LogP contribution in [0.3, 0.4) is 0 Å². The fourth-order valence-electron chi connectivity index (χ4n) is 0.493. The Morgan fingerprint density at radius 3 is 3.00 bits per heavy atom. The third-order valence-corrected chi connectivity index (χ3v) is 1.24. The second kappa shape index (κ2) is 3.29. The first-order valence-electron chi connectivity index (χ1n) is 2.82. The van der Waals surface area contributed by atoms with Gasteiger partial charge in [-0.25, -0.2) is 4.68 Å². The Balaban J connectivity index is 2.64. The molecule has 1 aromatic heterocycles. The number of hydrogen-bond acceptors (Lipinski definition) is 4. The Labute approximate surface area is 67.5 Å². The number of aromatic nitrogens is 4. The van der Waals surface area contributed by atoms with Crippen LogP contribution in [0.15, 0.2) is 0 Å². The molecule has 7 heteroatoms. The van der Waals surface area contributed by atoms with Gasteiger partial charge in [0.05, 0.1) is 0 Å². The second-order valence-electron chi connectivity index (χ2n) is 1.81. The molecule has 0 saturated carbocycles. The lowest BCUT2D eigenvalue weighted by molar-refractivity contribution is -0.114. The highest BCUT2D eigenvalue weighted by atomic mass is 35.5. The molecule has 0 aliphatic carbocycles. The minimum atomic E-state index is -0.329. The minimum Gasteiger partial charge on any atom is -0.292 e. The molecule has 11 heavy (non-hydrogen) atoms. The minimum absolute atomic E-state index is 0.104. The summed E-state index contributed by atoms with van der Waals surface area (Å²) in [5.74, 6) is -0.146. The maximum absolute atomic E-state index is 10.7. The molecule has 0 aliphatic rings. The van der Waals surface area contributed by atoms with Crippen molar-refractivity contribution in [3.8, 4) is 0 Å². The van der Waals surface area contributed by atoms with Crippen molar-refractivity contribution in [1.29, 1.82) is 0 Å². The molecule has 0 bridgehead atoms. The third-order valence-electron chi connectivity index (χ3n) is 0.993. The van der Waals surface area contributed by atoms with Gasteiger partial charge in [0.2, 0.25) is 11.9 Å². The van der Waals surface area contributed by atoms with Crippen molar-refractivity contribution in [2.45, 2.75) is 0 Å². The molecule has 0 atom stereocenters. The van der Waals surface area contributed by atoms with E-state index in [4.69, 9.17) is 11.6 Å². The lowest BCUT2D eigenvalue weighted by atomic mass is 10.7. The van der Waals surface area contributed by atoms with Crippen LogP contribution in [0.5, 0.6) is 0 Å². The van der Waals surface area contributed by atoms with Crippen molar-refractivity contribution in [2.24, 2.45) is 7.05 Å². The molecule has 1 amide bonds. The Bertz CT molecular complexity index is 259. The van der Waals surface area contributed by atoms with E-state index < -0.39 is 0 Å². The zero-order valence-corrected chi connectivity index (χ0v) is 6.54. The van der Waals surface area contributed by atoms with E-state index in [0.717, 1.165) is 0 Å². The summed E-state index contributed by atoms with van der Waals surface area (Å²) >= 11 is 5.23. The number of rotatable bonds is 2. The van der Waals surface area contributed by atoms with E-state index in [2.05, 4.69) is 20.8 Å². The molecule has 0 fully saturated rings. The summed E-state index contributed by atoms with van der Waals surface area (Å²) in [6.07, 6.45) is 0.